The SMILES string of the molecule is CCOC(OCC)[PH](C)=O. The molecule has 0 aromatic rings. The van der Waals surface area contributed by atoms with Crippen LogP contribution in [0.1, 0.15) is 13.8 Å². The van der Waals surface area contributed by atoms with E-state index in [1.54, 1.807) is 6.66 Å². The van der Waals surface area contributed by atoms with E-state index in [1.807, 2.05) is 13.8 Å². The van der Waals surface area contributed by atoms with Crippen molar-refractivity contribution in [3.8, 4) is 0 Å². The Labute approximate surface area is 62.5 Å². The Balaban J connectivity index is 3.61. The lowest BCUT2D eigenvalue weighted by atomic mass is 10.9. The largest absolute Gasteiger partial charge is 0.347 e. The quantitative estimate of drug-likeness (QED) is 0.459. The van der Waals surface area contributed by atoms with E-state index < -0.39 is 13.8 Å². The lowest BCUT2D eigenvalue weighted by molar-refractivity contribution is -0.0793. The van der Waals surface area contributed by atoms with Crippen molar-refractivity contribution in [3.63, 3.8) is 0 Å². The average Bonchev–Trinajstić information content (AvgIpc) is 1.87. The van der Waals surface area contributed by atoms with Gasteiger partial charge in [-0.2, -0.15) is 0 Å². The second-order valence-electron chi connectivity index (χ2n) is 1.85. The van der Waals surface area contributed by atoms with Crippen molar-refractivity contribution in [2.75, 3.05) is 19.9 Å². The van der Waals surface area contributed by atoms with Gasteiger partial charge in [0.2, 0.25) is 6.03 Å². The summed E-state index contributed by atoms with van der Waals surface area (Å²) < 4.78 is 21.0. The molecule has 10 heavy (non-hydrogen) atoms. The molecule has 0 fully saturated rings. The van der Waals surface area contributed by atoms with Crippen molar-refractivity contribution in [2.45, 2.75) is 19.9 Å². The summed E-state index contributed by atoms with van der Waals surface area (Å²) in [5.41, 5.74) is 0. The van der Waals surface area contributed by atoms with Gasteiger partial charge >= 0.3 is 0 Å². The van der Waals surface area contributed by atoms with Crippen LogP contribution in [0.3, 0.4) is 0 Å². The summed E-state index contributed by atoms with van der Waals surface area (Å²) in [5, 5.41) is 0. The molecule has 0 aromatic carbocycles. The Morgan fingerprint density at radius 2 is 1.70 bits per heavy atom. The third kappa shape index (κ3) is 4.04. The van der Waals surface area contributed by atoms with Crippen LogP contribution in [-0.2, 0) is 14.0 Å². The van der Waals surface area contributed by atoms with Crippen molar-refractivity contribution >= 4 is 7.80 Å². The Morgan fingerprint density at radius 1 is 1.30 bits per heavy atom. The summed E-state index contributed by atoms with van der Waals surface area (Å²) in [6.07, 6.45) is 0. The number of rotatable bonds is 5. The van der Waals surface area contributed by atoms with E-state index in [0.29, 0.717) is 13.2 Å². The van der Waals surface area contributed by atoms with E-state index in [4.69, 9.17) is 9.47 Å². The van der Waals surface area contributed by atoms with Crippen molar-refractivity contribution in [1.29, 1.82) is 0 Å². The van der Waals surface area contributed by atoms with Gasteiger partial charge in [-0.05, 0) is 20.5 Å². The topological polar surface area (TPSA) is 35.5 Å². The summed E-state index contributed by atoms with van der Waals surface area (Å²) >= 11 is 0. The van der Waals surface area contributed by atoms with Gasteiger partial charge < -0.3 is 14.0 Å². The molecule has 62 valence electrons. The molecule has 0 aliphatic rings. The van der Waals surface area contributed by atoms with Gasteiger partial charge in [0.15, 0.2) is 0 Å². The molecule has 0 spiro atoms. The highest BCUT2D eigenvalue weighted by Crippen LogP contribution is 2.24. The molecule has 0 amide bonds. The van der Waals surface area contributed by atoms with E-state index in [2.05, 4.69) is 0 Å². The molecule has 0 N–H and O–H groups in total. The van der Waals surface area contributed by atoms with Crippen LogP contribution in [-0.4, -0.2) is 25.9 Å². The van der Waals surface area contributed by atoms with Crippen LogP contribution in [0.5, 0.6) is 0 Å². The summed E-state index contributed by atoms with van der Waals surface area (Å²) in [6.45, 7) is 6.46. The second kappa shape index (κ2) is 5.90. The van der Waals surface area contributed by atoms with Crippen LogP contribution in [0.25, 0.3) is 0 Å². The van der Waals surface area contributed by atoms with Gasteiger partial charge in [0.25, 0.3) is 0 Å². The third-order valence-corrected chi connectivity index (χ3v) is 1.97. The van der Waals surface area contributed by atoms with E-state index in [9.17, 15) is 4.57 Å². The highest BCUT2D eigenvalue weighted by Gasteiger charge is 2.10. The molecule has 0 rings (SSSR count). The standard InChI is InChI=1S/C6H15O3P/c1-4-8-6(9-5-2)10(3)7/h6,10H,4-5H2,1-3H3. The Morgan fingerprint density at radius 3 is 1.90 bits per heavy atom. The van der Waals surface area contributed by atoms with Crippen molar-refractivity contribution < 1.29 is 14.0 Å². The van der Waals surface area contributed by atoms with Gasteiger partial charge in [0.05, 0.1) is 0 Å². The smallest absolute Gasteiger partial charge is 0.208 e. The minimum atomic E-state index is -1.69. The first kappa shape index (κ1) is 10.2. The predicted octanol–water partition coefficient (Wildman–Crippen LogP) is 1.53. The average molecular weight is 166 g/mol. The molecular formula is C6H15O3P. The maximum atomic E-state index is 10.9. The molecule has 0 aliphatic carbocycles. The maximum absolute atomic E-state index is 10.9. The Bertz CT molecular complexity index is 99.2. The molecule has 0 aliphatic heterocycles. The molecule has 0 heterocycles. The molecule has 0 radical (unpaired) electrons. The Kier molecular flexibility index (Phi) is 5.99. The van der Waals surface area contributed by atoms with Crippen LogP contribution in [0.2, 0.25) is 0 Å². The fourth-order valence-corrected chi connectivity index (χ4v) is 1.39. The maximum Gasteiger partial charge on any atom is 0.208 e. The molecule has 1 atom stereocenters. The first-order valence-electron chi connectivity index (χ1n) is 3.46. The van der Waals surface area contributed by atoms with E-state index in [-0.39, 0.29) is 0 Å². The summed E-state index contributed by atoms with van der Waals surface area (Å²) in [4.78, 5) is 0. The van der Waals surface area contributed by atoms with Crippen molar-refractivity contribution in [1.82, 2.24) is 0 Å². The van der Waals surface area contributed by atoms with Crippen LogP contribution < -0.4 is 0 Å². The molecule has 4 heteroatoms. The summed E-state index contributed by atoms with van der Waals surface area (Å²) in [5.74, 6) is 0. The summed E-state index contributed by atoms with van der Waals surface area (Å²) in [7, 11) is -1.69. The monoisotopic (exact) mass is 166 g/mol. The van der Waals surface area contributed by atoms with Crippen LogP contribution in [0, 0.1) is 0 Å². The molecule has 3 nitrogen and oxygen atoms in total. The predicted molar refractivity (Wildman–Crippen MR) is 42.0 cm³/mol. The lowest BCUT2D eigenvalue weighted by Crippen LogP contribution is -2.12. The molecule has 0 saturated carbocycles. The number of hydrogen-bond acceptors (Lipinski definition) is 3. The van der Waals surface area contributed by atoms with Crippen molar-refractivity contribution in [2.24, 2.45) is 0 Å². The Hall–Kier alpha value is 0.150. The fourth-order valence-electron chi connectivity index (χ4n) is 0.586. The van der Waals surface area contributed by atoms with Crippen LogP contribution in [0.15, 0.2) is 0 Å². The highest BCUT2D eigenvalue weighted by atomic mass is 31.1. The zero-order valence-corrected chi connectivity index (χ0v) is 7.72. The number of hydrogen-bond donors (Lipinski definition) is 0. The van der Waals surface area contributed by atoms with Crippen LogP contribution in [0.4, 0.5) is 0 Å². The van der Waals surface area contributed by atoms with E-state index in [0.717, 1.165) is 0 Å². The summed E-state index contributed by atoms with van der Waals surface area (Å²) in [6, 6.07) is -0.472. The van der Waals surface area contributed by atoms with Gasteiger partial charge in [-0.15, -0.1) is 0 Å². The van der Waals surface area contributed by atoms with Gasteiger partial charge in [0.1, 0.15) is 7.80 Å². The van der Waals surface area contributed by atoms with Crippen molar-refractivity contribution in [3.05, 3.63) is 0 Å². The molecule has 1 unspecified atom stereocenters. The molecular weight excluding hydrogens is 151 g/mol. The normalized spacial score (nSPS) is 14.0. The van der Waals surface area contributed by atoms with Gasteiger partial charge in [-0.1, -0.05) is 0 Å². The van der Waals surface area contributed by atoms with E-state index in [1.165, 1.54) is 0 Å². The minimum Gasteiger partial charge on any atom is -0.347 e. The number of ether oxygens (including phenoxy) is 2. The minimum absolute atomic E-state index is 0.472. The highest BCUT2D eigenvalue weighted by molar-refractivity contribution is 7.44. The first-order chi connectivity index (χ1) is 4.72. The fraction of sp³-hybridized carbons (Fsp3) is 1.00. The zero-order valence-electron chi connectivity index (χ0n) is 6.72. The van der Waals surface area contributed by atoms with Gasteiger partial charge in [-0.25, -0.2) is 0 Å². The molecule has 0 saturated heterocycles. The van der Waals surface area contributed by atoms with Crippen LogP contribution >= 0.6 is 7.80 Å². The molecule has 0 aromatic heterocycles. The zero-order chi connectivity index (χ0) is 7.98. The van der Waals surface area contributed by atoms with Gasteiger partial charge in [-0.3, -0.25) is 0 Å². The third-order valence-electron chi connectivity index (χ3n) is 0.968. The second-order valence-corrected chi connectivity index (χ2v) is 3.55. The first-order valence-corrected chi connectivity index (χ1v) is 5.44. The van der Waals surface area contributed by atoms with E-state index >= 15 is 0 Å². The van der Waals surface area contributed by atoms with Gasteiger partial charge in [0, 0.05) is 13.2 Å². The lowest BCUT2D eigenvalue weighted by Gasteiger charge is -2.13. The molecule has 0 bridgehead atoms.